The van der Waals surface area contributed by atoms with Crippen molar-refractivity contribution in [3.63, 3.8) is 0 Å². The van der Waals surface area contributed by atoms with E-state index in [0.29, 0.717) is 0 Å². The minimum Gasteiger partial charge on any atom is -0.395 e. The largest absolute Gasteiger partial charge is 0.395 e. The smallest absolute Gasteiger partial charge is 0.0558 e. The lowest BCUT2D eigenvalue weighted by atomic mass is 10.1. The lowest BCUT2D eigenvalue weighted by Crippen LogP contribution is -2.47. The first-order valence-electron chi connectivity index (χ1n) is 6.35. The molecule has 1 aliphatic heterocycles. The van der Waals surface area contributed by atoms with E-state index in [1.165, 1.54) is 16.8 Å². The van der Waals surface area contributed by atoms with Crippen molar-refractivity contribution in [2.75, 3.05) is 44.2 Å². The second-order valence-electron chi connectivity index (χ2n) is 4.90. The van der Waals surface area contributed by atoms with Gasteiger partial charge in [-0.25, -0.2) is 0 Å². The molecule has 1 fully saturated rings. The molecule has 0 spiro atoms. The summed E-state index contributed by atoms with van der Waals surface area (Å²) in [6.45, 7) is 9.59. The highest BCUT2D eigenvalue weighted by atomic mass is 16.3. The summed E-state index contributed by atoms with van der Waals surface area (Å²) in [5.74, 6) is 0. The number of aryl methyl sites for hydroxylation is 2. The highest BCUT2D eigenvalue weighted by molar-refractivity contribution is 5.51. The van der Waals surface area contributed by atoms with Crippen LogP contribution in [0.15, 0.2) is 18.2 Å². The third-order valence-corrected chi connectivity index (χ3v) is 3.36. The molecule has 0 unspecified atom stereocenters. The number of β-amino-alcohol motifs (C(OH)–C–C–N with tert-alkyl or cyclic N) is 1. The Bertz CT molecular complexity index is 350. The normalized spacial score (nSPS) is 17.5. The lowest BCUT2D eigenvalue weighted by molar-refractivity contribution is 0.189. The Labute approximate surface area is 104 Å². The van der Waals surface area contributed by atoms with Crippen LogP contribution in [0.4, 0.5) is 5.69 Å². The standard InChI is InChI=1S/C14H22N2O/c1-12-9-13(2)11-14(10-12)16-5-3-15(4-6-16)7-8-17/h9-11,17H,3-8H2,1-2H3. The maximum atomic E-state index is 8.92. The molecule has 1 aliphatic rings. The van der Waals surface area contributed by atoms with Crippen LogP contribution in [0.25, 0.3) is 0 Å². The van der Waals surface area contributed by atoms with Crippen LogP contribution in [-0.4, -0.2) is 49.3 Å². The molecule has 0 radical (unpaired) electrons. The first-order chi connectivity index (χ1) is 8.19. The van der Waals surface area contributed by atoms with Gasteiger partial charge in [-0.2, -0.15) is 0 Å². The molecule has 1 N–H and O–H groups in total. The molecule has 17 heavy (non-hydrogen) atoms. The number of anilines is 1. The summed E-state index contributed by atoms with van der Waals surface area (Å²) in [5, 5.41) is 8.92. The lowest BCUT2D eigenvalue weighted by Gasteiger charge is -2.36. The van der Waals surface area contributed by atoms with Gasteiger partial charge in [0.15, 0.2) is 0 Å². The van der Waals surface area contributed by atoms with Crippen LogP contribution in [0.5, 0.6) is 0 Å². The fourth-order valence-corrected chi connectivity index (χ4v) is 2.50. The zero-order chi connectivity index (χ0) is 12.3. The zero-order valence-corrected chi connectivity index (χ0v) is 10.8. The van der Waals surface area contributed by atoms with E-state index in [4.69, 9.17) is 5.11 Å². The van der Waals surface area contributed by atoms with Crippen LogP contribution < -0.4 is 4.90 Å². The van der Waals surface area contributed by atoms with Crippen molar-refractivity contribution in [1.29, 1.82) is 0 Å². The van der Waals surface area contributed by atoms with Crippen LogP contribution in [0, 0.1) is 13.8 Å². The molecule has 2 rings (SSSR count). The van der Waals surface area contributed by atoms with E-state index in [1.54, 1.807) is 0 Å². The van der Waals surface area contributed by atoms with Crippen LogP contribution in [-0.2, 0) is 0 Å². The molecule has 0 saturated carbocycles. The molecule has 1 aromatic rings. The monoisotopic (exact) mass is 234 g/mol. The van der Waals surface area contributed by atoms with Crippen molar-refractivity contribution < 1.29 is 5.11 Å². The van der Waals surface area contributed by atoms with Gasteiger partial charge in [0.1, 0.15) is 0 Å². The van der Waals surface area contributed by atoms with Gasteiger partial charge in [0.2, 0.25) is 0 Å². The maximum absolute atomic E-state index is 8.92. The van der Waals surface area contributed by atoms with E-state index in [2.05, 4.69) is 41.8 Å². The van der Waals surface area contributed by atoms with E-state index >= 15 is 0 Å². The van der Waals surface area contributed by atoms with Gasteiger partial charge in [-0.3, -0.25) is 4.90 Å². The van der Waals surface area contributed by atoms with Gasteiger partial charge < -0.3 is 10.0 Å². The predicted molar refractivity (Wildman–Crippen MR) is 71.7 cm³/mol. The minimum absolute atomic E-state index is 0.267. The topological polar surface area (TPSA) is 26.7 Å². The number of rotatable bonds is 3. The Balaban J connectivity index is 2.00. The van der Waals surface area contributed by atoms with Crippen molar-refractivity contribution >= 4 is 5.69 Å². The zero-order valence-electron chi connectivity index (χ0n) is 10.8. The van der Waals surface area contributed by atoms with Gasteiger partial charge in [-0.1, -0.05) is 6.07 Å². The molecule has 0 bridgehead atoms. The van der Waals surface area contributed by atoms with Gasteiger partial charge >= 0.3 is 0 Å². The Kier molecular flexibility index (Phi) is 4.02. The number of aliphatic hydroxyl groups is 1. The van der Waals surface area contributed by atoms with Crippen LogP contribution >= 0.6 is 0 Å². The van der Waals surface area contributed by atoms with E-state index in [0.717, 1.165) is 32.7 Å². The van der Waals surface area contributed by atoms with Crippen molar-refractivity contribution in [3.05, 3.63) is 29.3 Å². The van der Waals surface area contributed by atoms with Crippen molar-refractivity contribution in [2.24, 2.45) is 0 Å². The van der Waals surface area contributed by atoms with Crippen LogP contribution in [0.2, 0.25) is 0 Å². The Morgan fingerprint density at radius 1 is 1.00 bits per heavy atom. The highest BCUT2D eigenvalue weighted by Crippen LogP contribution is 2.20. The van der Waals surface area contributed by atoms with E-state index in [9.17, 15) is 0 Å². The number of benzene rings is 1. The fraction of sp³-hybridized carbons (Fsp3) is 0.571. The highest BCUT2D eigenvalue weighted by Gasteiger charge is 2.16. The molecule has 0 atom stereocenters. The van der Waals surface area contributed by atoms with E-state index < -0.39 is 0 Å². The number of nitrogens with zero attached hydrogens (tertiary/aromatic N) is 2. The van der Waals surface area contributed by atoms with Gasteiger partial charge in [0, 0.05) is 38.4 Å². The summed E-state index contributed by atoms with van der Waals surface area (Å²) in [6, 6.07) is 6.73. The van der Waals surface area contributed by atoms with Gasteiger partial charge in [-0.05, 0) is 37.1 Å². The molecule has 1 saturated heterocycles. The molecule has 1 aromatic carbocycles. The average molecular weight is 234 g/mol. The maximum Gasteiger partial charge on any atom is 0.0558 e. The Morgan fingerprint density at radius 3 is 2.12 bits per heavy atom. The van der Waals surface area contributed by atoms with Gasteiger partial charge in [0.05, 0.1) is 6.61 Å². The van der Waals surface area contributed by atoms with Crippen LogP contribution in [0.1, 0.15) is 11.1 Å². The third-order valence-electron chi connectivity index (χ3n) is 3.36. The number of piperazine rings is 1. The number of aliphatic hydroxyl groups excluding tert-OH is 1. The summed E-state index contributed by atoms with van der Waals surface area (Å²) in [6.07, 6.45) is 0. The molecular weight excluding hydrogens is 212 g/mol. The second kappa shape index (κ2) is 5.52. The SMILES string of the molecule is Cc1cc(C)cc(N2CCN(CCO)CC2)c1. The molecule has 94 valence electrons. The van der Waals surface area contributed by atoms with Crippen molar-refractivity contribution in [2.45, 2.75) is 13.8 Å². The van der Waals surface area contributed by atoms with Gasteiger partial charge in [-0.15, -0.1) is 0 Å². The third kappa shape index (κ3) is 3.20. The first kappa shape index (κ1) is 12.4. The first-order valence-corrected chi connectivity index (χ1v) is 6.35. The summed E-state index contributed by atoms with van der Waals surface area (Å²) >= 11 is 0. The number of hydrogen-bond acceptors (Lipinski definition) is 3. The molecule has 0 aromatic heterocycles. The van der Waals surface area contributed by atoms with Gasteiger partial charge in [0.25, 0.3) is 0 Å². The molecule has 0 amide bonds. The summed E-state index contributed by atoms with van der Waals surface area (Å²) in [4.78, 5) is 4.76. The molecule has 0 aliphatic carbocycles. The predicted octanol–water partition coefficient (Wildman–Crippen LogP) is 1.42. The van der Waals surface area contributed by atoms with Crippen LogP contribution in [0.3, 0.4) is 0 Å². The summed E-state index contributed by atoms with van der Waals surface area (Å²) in [5.41, 5.74) is 4.00. The second-order valence-corrected chi connectivity index (χ2v) is 4.90. The van der Waals surface area contributed by atoms with E-state index in [-0.39, 0.29) is 6.61 Å². The average Bonchev–Trinajstić information content (AvgIpc) is 2.29. The minimum atomic E-state index is 0.267. The molecule has 3 heteroatoms. The Morgan fingerprint density at radius 2 is 1.59 bits per heavy atom. The molecular formula is C14H22N2O. The quantitative estimate of drug-likeness (QED) is 0.857. The molecule has 1 heterocycles. The summed E-state index contributed by atoms with van der Waals surface area (Å²) < 4.78 is 0. The fourth-order valence-electron chi connectivity index (χ4n) is 2.50. The van der Waals surface area contributed by atoms with Crippen molar-refractivity contribution in [1.82, 2.24) is 4.90 Å². The Hall–Kier alpha value is -1.06. The van der Waals surface area contributed by atoms with E-state index in [1.807, 2.05) is 0 Å². The van der Waals surface area contributed by atoms with Crippen molar-refractivity contribution in [3.8, 4) is 0 Å². The number of hydrogen-bond donors (Lipinski definition) is 1. The molecule has 3 nitrogen and oxygen atoms in total. The summed E-state index contributed by atoms with van der Waals surface area (Å²) in [7, 11) is 0.